The molecule has 0 fully saturated rings. The Morgan fingerprint density at radius 2 is 2.12 bits per heavy atom. The smallest absolute Gasteiger partial charge is 0.303 e. The van der Waals surface area contributed by atoms with Crippen molar-refractivity contribution in [2.24, 2.45) is 0 Å². The van der Waals surface area contributed by atoms with E-state index in [1.165, 1.54) is 0 Å². The first kappa shape index (κ1) is 11.5. The number of nitrogens with two attached hydrogens (primary N) is 1. The first-order valence-corrected chi connectivity index (χ1v) is 5.65. The van der Waals surface area contributed by atoms with Gasteiger partial charge in [0.2, 0.25) is 0 Å². The van der Waals surface area contributed by atoms with E-state index in [2.05, 4.69) is 4.98 Å². The second kappa shape index (κ2) is 4.49. The van der Waals surface area contributed by atoms with Crippen molar-refractivity contribution in [3.8, 4) is 11.8 Å². The van der Waals surface area contributed by atoms with Gasteiger partial charge in [-0.05, 0) is 38.5 Å². The summed E-state index contributed by atoms with van der Waals surface area (Å²) in [6.07, 6.45) is 1.62. The molecule has 0 aliphatic heterocycles. The number of hydrogen-bond acceptors (Lipinski definition) is 3. The van der Waals surface area contributed by atoms with Crippen LogP contribution in [0.2, 0.25) is 0 Å². The van der Waals surface area contributed by atoms with Crippen molar-refractivity contribution >= 4 is 5.82 Å². The lowest BCUT2D eigenvalue weighted by atomic mass is 10.2. The topological polar surface area (TPSA) is 53.1 Å². The number of imidazole rings is 1. The zero-order chi connectivity index (χ0) is 12.4. The highest BCUT2D eigenvalue weighted by molar-refractivity contribution is 5.35. The predicted molar refractivity (Wildman–Crippen MR) is 68.3 cm³/mol. The van der Waals surface area contributed by atoms with Gasteiger partial charge in [-0.2, -0.15) is 0 Å². The Bertz CT molecular complexity index is 517. The quantitative estimate of drug-likeness (QED) is 0.882. The number of nitrogen functional groups attached to an aromatic ring is 1. The van der Waals surface area contributed by atoms with Gasteiger partial charge in [0.1, 0.15) is 11.6 Å². The summed E-state index contributed by atoms with van der Waals surface area (Å²) >= 11 is 0. The molecule has 0 unspecified atom stereocenters. The van der Waals surface area contributed by atoms with Crippen LogP contribution in [0.5, 0.6) is 11.8 Å². The Hall–Kier alpha value is -1.97. The molecule has 0 spiro atoms. The fourth-order valence-electron chi connectivity index (χ4n) is 1.73. The maximum absolute atomic E-state index is 5.85. The van der Waals surface area contributed by atoms with Crippen LogP contribution in [-0.4, -0.2) is 9.55 Å². The maximum Gasteiger partial charge on any atom is 0.303 e. The third-order valence-electron chi connectivity index (χ3n) is 2.51. The number of anilines is 1. The van der Waals surface area contributed by atoms with Gasteiger partial charge in [0.05, 0.1) is 6.20 Å². The Balaban J connectivity index is 2.30. The molecule has 4 nitrogen and oxygen atoms in total. The van der Waals surface area contributed by atoms with Gasteiger partial charge in [-0.1, -0.05) is 12.1 Å². The highest BCUT2D eigenvalue weighted by Crippen LogP contribution is 2.26. The summed E-state index contributed by atoms with van der Waals surface area (Å²) in [6, 6.07) is 8.60. The fourth-order valence-corrected chi connectivity index (χ4v) is 1.73. The van der Waals surface area contributed by atoms with Gasteiger partial charge < -0.3 is 10.5 Å². The van der Waals surface area contributed by atoms with Gasteiger partial charge in [0.25, 0.3) is 0 Å². The molecule has 2 N–H and O–H groups in total. The minimum Gasteiger partial charge on any atom is -0.425 e. The predicted octanol–water partition coefficient (Wildman–Crippen LogP) is 3.15. The number of hydrogen-bond donors (Lipinski definition) is 1. The zero-order valence-corrected chi connectivity index (χ0v) is 10.3. The molecule has 90 valence electrons. The molecule has 0 aliphatic rings. The van der Waals surface area contributed by atoms with Gasteiger partial charge in [-0.25, -0.2) is 4.98 Å². The maximum atomic E-state index is 5.85. The average Bonchev–Trinajstić information content (AvgIpc) is 2.59. The summed E-state index contributed by atoms with van der Waals surface area (Å²) in [4.78, 5) is 4.18. The number of rotatable bonds is 3. The SMILES string of the molecule is Cc1cccc(Oc2ncc(N)n2C(C)C)c1. The van der Waals surface area contributed by atoms with E-state index in [1.807, 2.05) is 49.6 Å². The standard InChI is InChI=1S/C13H17N3O/c1-9(2)16-12(14)8-15-13(16)17-11-6-4-5-10(3)7-11/h4-9H,14H2,1-3H3. The Labute approximate surface area is 101 Å². The molecule has 0 saturated carbocycles. The van der Waals surface area contributed by atoms with Crippen molar-refractivity contribution in [3.63, 3.8) is 0 Å². The molecule has 17 heavy (non-hydrogen) atoms. The Kier molecular flexibility index (Phi) is 3.04. The molecule has 0 bridgehead atoms. The van der Waals surface area contributed by atoms with E-state index in [0.29, 0.717) is 11.8 Å². The van der Waals surface area contributed by atoms with Crippen LogP contribution in [0.3, 0.4) is 0 Å². The molecular weight excluding hydrogens is 214 g/mol. The van der Waals surface area contributed by atoms with Crippen LogP contribution in [0, 0.1) is 6.92 Å². The molecule has 4 heteroatoms. The molecule has 0 radical (unpaired) electrons. The van der Waals surface area contributed by atoms with Gasteiger partial charge in [-0.15, -0.1) is 0 Å². The normalized spacial score (nSPS) is 10.8. The second-order valence-electron chi connectivity index (χ2n) is 4.35. The minimum absolute atomic E-state index is 0.220. The summed E-state index contributed by atoms with van der Waals surface area (Å²) in [7, 11) is 0. The van der Waals surface area contributed by atoms with Crippen LogP contribution in [0.1, 0.15) is 25.5 Å². The Morgan fingerprint density at radius 1 is 1.35 bits per heavy atom. The number of nitrogens with zero attached hydrogens (tertiary/aromatic N) is 2. The molecule has 2 rings (SSSR count). The van der Waals surface area contributed by atoms with Gasteiger partial charge in [0, 0.05) is 6.04 Å². The van der Waals surface area contributed by atoms with Gasteiger partial charge in [0.15, 0.2) is 0 Å². The first-order chi connectivity index (χ1) is 8.08. The second-order valence-corrected chi connectivity index (χ2v) is 4.35. The lowest BCUT2D eigenvalue weighted by Gasteiger charge is -2.13. The number of ether oxygens (including phenoxy) is 1. The summed E-state index contributed by atoms with van der Waals surface area (Å²) in [5, 5.41) is 0. The zero-order valence-electron chi connectivity index (χ0n) is 10.3. The third-order valence-corrected chi connectivity index (χ3v) is 2.51. The molecular formula is C13H17N3O. The molecule has 1 heterocycles. The van der Waals surface area contributed by atoms with Crippen molar-refractivity contribution in [2.45, 2.75) is 26.8 Å². The van der Waals surface area contributed by atoms with E-state index in [9.17, 15) is 0 Å². The van der Waals surface area contributed by atoms with E-state index in [0.717, 1.165) is 11.3 Å². The fraction of sp³-hybridized carbons (Fsp3) is 0.308. The third kappa shape index (κ3) is 2.41. The molecule has 1 aromatic carbocycles. The van der Waals surface area contributed by atoms with E-state index >= 15 is 0 Å². The van der Waals surface area contributed by atoms with Gasteiger partial charge >= 0.3 is 6.01 Å². The van der Waals surface area contributed by atoms with Gasteiger partial charge in [-0.3, -0.25) is 4.57 Å². The lowest BCUT2D eigenvalue weighted by molar-refractivity contribution is 0.398. The first-order valence-electron chi connectivity index (χ1n) is 5.65. The summed E-state index contributed by atoms with van der Waals surface area (Å²) < 4.78 is 7.61. The van der Waals surface area contributed by atoms with Crippen LogP contribution in [0.15, 0.2) is 30.5 Å². The van der Waals surface area contributed by atoms with Crippen LogP contribution >= 0.6 is 0 Å². The minimum atomic E-state index is 0.220. The van der Waals surface area contributed by atoms with Crippen LogP contribution in [0.4, 0.5) is 5.82 Å². The highest BCUT2D eigenvalue weighted by atomic mass is 16.5. The molecule has 0 saturated heterocycles. The van der Waals surface area contributed by atoms with Crippen LogP contribution < -0.4 is 10.5 Å². The van der Waals surface area contributed by atoms with E-state index in [4.69, 9.17) is 10.5 Å². The van der Waals surface area contributed by atoms with E-state index in [-0.39, 0.29) is 6.04 Å². The van der Waals surface area contributed by atoms with Crippen molar-refractivity contribution in [2.75, 3.05) is 5.73 Å². The Morgan fingerprint density at radius 3 is 2.76 bits per heavy atom. The van der Waals surface area contributed by atoms with E-state index < -0.39 is 0 Å². The van der Waals surface area contributed by atoms with Crippen LogP contribution in [0.25, 0.3) is 0 Å². The van der Waals surface area contributed by atoms with Crippen LogP contribution in [-0.2, 0) is 0 Å². The number of aromatic nitrogens is 2. The molecule has 2 aromatic rings. The van der Waals surface area contributed by atoms with E-state index in [1.54, 1.807) is 6.20 Å². The summed E-state index contributed by atoms with van der Waals surface area (Å²) in [5.74, 6) is 1.39. The molecule has 1 aromatic heterocycles. The summed E-state index contributed by atoms with van der Waals surface area (Å²) in [6.45, 7) is 6.11. The molecule has 0 amide bonds. The van der Waals surface area contributed by atoms with Crippen molar-refractivity contribution in [3.05, 3.63) is 36.0 Å². The highest BCUT2D eigenvalue weighted by Gasteiger charge is 2.12. The average molecular weight is 231 g/mol. The summed E-state index contributed by atoms with van der Waals surface area (Å²) in [5.41, 5.74) is 7.00. The molecule has 0 atom stereocenters. The largest absolute Gasteiger partial charge is 0.425 e. The van der Waals surface area contributed by atoms with Crippen molar-refractivity contribution in [1.82, 2.24) is 9.55 Å². The number of benzene rings is 1. The van der Waals surface area contributed by atoms with Crippen molar-refractivity contribution in [1.29, 1.82) is 0 Å². The lowest BCUT2D eigenvalue weighted by Crippen LogP contribution is -2.06. The van der Waals surface area contributed by atoms with Crippen molar-refractivity contribution < 1.29 is 4.74 Å². The monoisotopic (exact) mass is 231 g/mol. The number of aryl methyl sites for hydroxylation is 1. The molecule has 0 aliphatic carbocycles.